The first-order valence-electron chi connectivity index (χ1n) is 10.6. The van der Waals surface area contributed by atoms with Crippen LogP contribution in [0.5, 0.6) is 0 Å². The molecule has 0 unspecified atom stereocenters. The first-order chi connectivity index (χ1) is 13.3. The van der Waals surface area contributed by atoms with E-state index in [9.17, 15) is 14.4 Å². The highest BCUT2D eigenvalue weighted by Crippen LogP contribution is 2.17. The minimum Gasteiger partial charge on any atom is -0.352 e. The van der Waals surface area contributed by atoms with Crippen LogP contribution in [0.15, 0.2) is 17.2 Å². The second-order valence-electron chi connectivity index (χ2n) is 8.65. The van der Waals surface area contributed by atoms with E-state index in [4.69, 9.17) is 0 Å². The van der Waals surface area contributed by atoms with Gasteiger partial charge in [0.1, 0.15) is 11.1 Å². The lowest BCUT2D eigenvalue weighted by Crippen LogP contribution is -2.40. The Labute approximate surface area is 168 Å². The fourth-order valence-electron chi connectivity index (χ4n) is 3.69. The summed E-state index contributed by atoms with van der Waals surface area (Å²) in [5.41, 5.74) is -0.416. The lowest BCUT2D eigenvalue weighted by Gasteiger charge is -2.21. The van der Waals surface area contributed by atoms with Crippen molar-refractivity contribution in [2.45, 2.75) is 91.3 Å². The Bertz CT molecular complexity index is 729. The van der Waals surface area contributed by atoms with Crippen LogP contribution in [-0.4, -0.2) is 28.5 Å². The number of nitrogens with zero attached hydrogens (tertiary/aromatic N) is 1. The van der Waals surface area contributed by atoms with Gasteiger partial charge >= 0.3 is 0 Å². The molecule has 1 aliphatic rings. The van der Waals surface area contributed by atoms with Gasteiger partial charge < -0.3 is 15.2 Å². The standard InChI is InChI=1S/C22H35N3O3/c1-15(2)12-25-13-18(21(27)23-16(3)4)20(26)19(14-25)22(28)24-17-10-8-6-5-7-9-11-17/h13-17H,5-12H2,1-4H3,(H,23,27)(H,24,28). The van der Waals surface area contributed by atoms with E-state index in [-0.39, 0.29) is 29.1 Å². The van der Waals surface area contributed by atoms with Gasteiger partial charge in [-0.25, -0.2) is 0 Å². The lowest BCUT2D eigenvalue weighted by atomic mass is 9.96. The number of carbonyl (C=O) groups excluding carboxylic acids is 2. The van der Waals surface area contributed by atoms with Crippen molar-refractivity contribution in [3.8, 4) is 0 Å². The third kappa shape index (κ3) is 6.50. The van der Waals surface area contributed by atoms with Crippen LogP contribution in [0.4, 0.5) is 0 Å². The lowest BCUT2D eigenvalue weighted by molar-refractivity contribution is 0.0928. The normalized spacial score (nSPS) is 15.9. The number of nitrogens with one attached hydrogen (secondary N) is 2. The summed E-state index contributed by atoms with van der Waals surface area (Å²) in [4.78, 5) is 38.3. The zero-order valence-corrected chi connectivity index (χ0v) is 17.7. The predicted molar refractivity (Wildman–Crippen MR) is 112 cm³/mol. The Kier molecular flexibility index (Phi) is 8.27. The van der Waals surface area contributed by atoms with Crippen molar-refractivity contribution in [3.63, 3.8) is 0 Å². The molecule has 156 valence electrons. The number of hydrogen-bond donors (Lipinski definition) is 2. The van der Waals surface area contributed by atoms with Gasteiger partial charge in [-0.3, -0.25) is 14.4 Å². The summed E-state index contributed by atoms with van der Waals surface area (Å²) in [5, 5.41) is 5.81. The van der Waals surface area contributed by atoms with Crippen molar-refractivity contribution in [2.75, 3.05) is 0 Å². The van der Waals surface area contributed by atoms with Crippen molar-refractivity contribution in [1.29, 1.82) is 0 Å². The molecule has 2 amide bonds. The van der Waals surface area contributed by atoms with Gasteiger partial charge in [0.2, 0.25) is 5.43 Å². The maximum atomic E-state index is 12.9. The number of carbonyl (C=O) groups is 2. The quantitative estimate of drug-likeness (QED) is 0.782. The SMILES string of the molecule is CC(C)Cn1cc(C(=O)NC(C)C)c(=O)c(C(=O)NC2CCCCCCC2)c1. The zero-order valence-electron chi connectivity index (χ0n) is 17.7. The first-order valence-corrected chi connectivity index (χ1v) is 10.6. The van der Waals surface area contributed by atoms with Gasteiger partial charge in [-0.2, -0.15) is 0 Å². The maximum Gasteiger partial charge on any atom is 0.256 e. The molecule has 1 aromatic rings. The molecule has 28 heavy (non-hydrogen) atoms. The highest BCUT2D eigenvalue weighted by Gasteiger charge is 2.22. The van der Waals surface area contributed by atoms with E-state index < -0.39 is 11.3 Å². The predicted octanol–water partition coefficient (Wildman–Crippen LogP) is 3.49. The van der Waals surface area contributed by atoms with Gasteiger partial charge in [-0.1, -0.05) is 46.0 Å². The number of pyridine rings is 1. The van der Waals surface area contributed by atoms with Crippen LogP contribution < -0.4 is 16.1 Å². The van der Waals surface area contributed by atoms with Crippen molar-refractivity contribution in [2.24, 2.45) is 5.92 Å². The molecule has 0 aromatic carbocycles. The van der Waals surface area contributed by atoms with Gasteiger partial charge in [0.25, 0.3) is 11.8 Å². The summed E-state index contributed by atoms with van der Waals surface area (Å²) >= 11 is 0. The van der Waals surface area contributed by atoms with E-state index in [1.54, 1.807) is 17.0 Å². The van der Waals surface area contributed by atoms with E-state index in [0.717, 1.165) is 25.7 Å². The van der Waals surface area contributed by atoms with Crippen LogP contribution in [0.3, 0.4) is 0 Å². The number of amides is 2. The fraction of sp³-hybridized carbons (Fsp3) is 0.682. The minimum atomic E-state index is -0.499. The topological polar surface area (TPSA) is 80.2 Å². The second-order valence-corrected chi connectivity index (χ2v) is 8.65. The monoisotopic (exact) mass is 389 g/mol. The largest absolute Gasteiger partial charge is 0.352 e. The van der Waals surface area contributed by atoms with E-state index in [2.05, 4.69) is 24.5 Å². The van der Waals surface area contributed by atoms with E-state index in [0.29, 0.717) is 12.5 Å². The van der Waals surface area contributed by atoms with Gasteiger partial charge in [0, 0.05) is 31.0 Å². The van der Waals surface area contributed by atoms with Crippen molar-refractivity contribution >= 4 is 11.8 Å². The number of rotatable bonds is 6. The fourth-order valence-corrected chi connectivity index (χ4v) is 3.69. The third-order valence-electron chi connectivity index (χ3n) is 5.00. The van der Waals surface area contributed by atoms with Crippen LogP contribution >= 0.6 is 0 Å². The van der Waals surface area contributed by atoms with Crippen LogP contribution in [0.25, 0.3) is 0 Å². The molecule has 0 atom stereocenters. The molecule has 6 nitrogen and oxygen atoms in total. The Morgan fingerprint density at radius 3 is 2.04 bits per heavy atom. The summed E-state index contributed by atoms with van der Waals surface area (Å²) in [7, 11) is 0. The first kappa shape index (κ1) is 22.2. The molecule has 0 saturated heterocycles. The van der Waals surface area contributed by atoms with Crippen LogP contribution in [0.1, 0.15) is 93.4 Å². The third-order valence-corrected chi connectivity index (χ3v) is 5.00. The van der Waals surface area contributed by atoms with Gasteiger partial charge in [0.05, 0.1) is 0 Å². The molecule has 1 fully saturated rings. The van der Waals surface area contributed by atoms with E-state index in [1.165, 1.54) is 19.3 Å². The summed E-state index contributed by atoms with van der Waals surface area (Å²) in [6, 6.07) is 0.0109. The van der Waals surface area contributed by atoms with Crippen molar-refractivity contribution < 1.29 is 9.59 Å². The molecule has 0 spiro atoms. The zero-order chi connectivity index (χ0) is 20.7. The average Bonchev–Trinajstić information content (AvgIpc) is 2.57. The molecule has 1 saturated carbocycles. The second kappa shape index (κ2) is 10.4. The summed E-state index contributed by atoms with van der Waals surface area (Å²) < 4.78 is 1.79. The van der Waals surface area contributed by atoms with Crippen LogP contribution in [0.2, 0.25) is 0 Å². The molecule has 1 aromatic heterocycles. The molecule has 0 bridgehead atoms. The molecular formula is C22H35N3O3. The minimum absolute atomic E-state index is 0.0275. The number of aromatic nitrogens is 1. The van der Waals surface area contributed by atoms with Crippen LogP contribution in [0, 0.1) is 5.92 Å². The van der Waals surface area contributed by atoms with Gasteiger partial charge in [0.15, 0.2) is 0 Å². The highest BCUT2D eigenvalue weighted by atomic mass is 16.2. The van der Waals surface area contributed by atoms with E-state index in [1.807, 2.05) is 13.8 Å². The molecule has 0 radical (unpaired) electrons. The molecular weight excluding hydrogens is 354 g/mol. The molecule has 2 N–H and O–H groups in total. The van der Waals surface area contributed by atoms with Gasteiger partial charge in [-0.15, -0.1) is 0 Å². The Morgan fingerprint density at radius 1 is 0.964 bits per heavy atom. The van der Waals surface area contributed by atoms with Gasteiger partial charge in [-0.05, 0) is 32.6 Å². The molecule has 2 rings (SSSR count). The van der Waals surface area contributed by atoms with E-state index >= 15 is 0 Å². The smallest absolute Gasteiger partial charge is 0.256 e. The molecule has 1 heterocycles. The van der Waals surface area contributed by atoms with Crippen LogP contribution in [-0.2, 0) is 6.54 Å². The Hall–Kier alpha value is -2.11. The Balaban J connectivity index is 2.30. The Morgan fingerprint density at radius 2 is 1.50 bits per heavy atom. The summed E-state index contributed by atoms with van der Waals surface area (Å²) in [5.74, 6) is -0.476. The maximum absolute atomic E-state index is 12.9. The van der Waals surface area contributed by atoms with Crippen molar-refractivity contribution in [1.82, 2.24) is 15.2 Å². The summed E-state index contributed by atoms with van der Waals surface area (Å²) in [6.07, 6.45) is 10.9. The van der Waals surface area contributed by atoms with Crippen molar-refractivity contribution in [3.05, 3.63) is 33.7 Å². The molecule has 6 heteroatoms. The molecule has 0 aliphatic heterocycles. The molecule has 1 aliphatic carbocycles. The summed E-state index contributed by atoms with van der Waals surface area (Å²) in [6.45, 7) is 8.43. The highest BCUT2D eigenvalue weighted by molar-refractivity contribution is 5.99. The average molecular weight is 390 g/mol. The number of hydrogen-bond acceptors (Lipinski definition) is 3.